The molecule has 0 saturated carbocycles. The zero-order valence-corrected chi connectivity index (χ0v) is 9.70. The molecule has 1 heterocycles. The Balaban J connectivity index is 2.77. The lowest BCUT2D eigenvalue weighted by Crippen LogP contribution is -2.19. The van der Waals surface area contributed by atoms with Crippen molar-refractivity contribution in [3.63, 3.8) is 0 Å². The van der Waals surface area contributed by atoms with E-state index in [1.807, 2.05) is 19.9 Å². The predicted molar refractivity (Wildman–Crippen MR) is 63.8 cm³/mol. The zero-order valence-electron chi connectivity index (χ0n) is 9.70. The van der Waals surface area contributed by atoms with Gasteiger partial charge in [-0.2, -0.15) is 0 Å². The third-order valence-electron chi connectivity index (χ3n) is 2.37. The summed E-state index contributed by atoms with van der Waals surface area (Å²) in [6.45, 7) is 6.79. The van der Waals surface area contributed by atoms with Crippen LogP contribution in [-0.4, -0.2) is 10.8 Å². The average molecular weight is 205 g/mol. The molecule has 1 aromatic heterocycles. The van der Waals surface area contributed by atoms with E-state index in [0.29, 0.717) is 18.3 Å². The first-order chi connectivity index (χ1) is 7.15. The molecule has 0 fully saturated rings. The Morgan fingerprint density at radius 1 is 1.53 bits per heavy atom. The fourth-order valence-corrected chi connectivity index (χ4v) is 1.28. The minimum Gasteiger partial charge on any atom is -0.387 e. The van der Waals surface area contributed by atoms with Crippen LogP contribution in [0.3, 0.4) is 0 Å². The van der Waals surface area contributed by atoms with Gasteiger partial charge in [0.1, 0.15) is 0 Å². The first-order valence-electron chi connectivity index (χ1n) is 5.37. The highest BCUT2D eigenvalue weighted by Crippen LogP contribution is 2.07. The Hall–Kier alpha value is -1.38. The summed E-state index contributed by atoms with van der Waals surface area (Å²) in [5, 5.41) is 0. The summed E-state index contributed by atoms with van der Waals surface area (Å²) in [6, 6.07) is 4.04. The molecule has 0 bridgehead atoms. The summed E-state index contributed by atoms with van der Waals surface area (Å²) in [5.41, 5.74) is 8.06. The van der Waals surface area contributed by atoms with Gasteiger partial charge in [0.2, 0.25) is 0 Å². The van der Waals surface area contributed by atoms with E-state index in [1.165, 1.54) is 5.56 Å². The number of hydrogen-bond donors (Lipinski definition) is 1. The van der Waals surface area contributed by atoms with E-state index in [9.17, 15) is 0 Å². The molecule has 0 atom stereocenters. The molecule has 3 heteroatoms. The Morgan fingerprint density at radius 2 is 2.27 bits per heavy atom. The van der Waals surface area contributed by atoms with Crippen molar-refractivity contribution in [1.29, 1.82) is 0 Å². The maximum Gasteiger partial charge on any atom is 0.0967 e. The van der Waals surface area contributed by atoms with Crippen LogP contribution in [-0.2, 0) is 13.0 Å². The topological polar surface area (TPSA) is 51.3 Å². The summed E-state index contributed by atoms with van der Waals surface area (Å²) >= 11 is 0. The number of nitrogens with two attached hydrogens (primary N) is 1. The molecular weight excluding hydrogens is 186 g/mol. The molecule has 1 rings (SSSR count). The SMILES string of the molecule is CCc1cccnc1CN=C(N)C(C)C. The number of aromatic nitrogens is 1. The summed E-state index contributed by atoms with van der Waals surface area (Å²) in [5.74, 6) is 1.00. The van der Waals surface area contributed by atoms with Gasteiger partial charge in [-0.3, -0.25) is 9.98 Å². The summed E-state index contributed by atoms with van der Waals surface area (Å²) < 4.78 is 0. The lowest BCUT2D eigenvalue weighted by Gasteiger charge is -2.06. The maximum absolute atomic E-state index is 5.78. The summed E-state index contributed by atoms with van der Waals surface area (Å²) in [7, 11) is 0. The Labute approximate surface area is 91.4 Å². The Kier molecular flexibility index (Phi) is 4.28. The second kappa shape index (κ2) is 5.49. The minimum atomic E-state index is 0.304. The van der Waals surface area contributed by atoms with Gasteiger partial charge >= 0.3 is 0 Å². The van der Waals surface area contributed by atoms with Gasteiger partial charge in [0.15, 0.2) is 0 Å². The second-order valence-electron chi connectivity index (χ2n) is 3.86. The van der Waals surface area contributed by atoms with Crippen LogP contribution in [0.1, 0.15) is 32.0 Å². The van der Waals surface area contributed by atoms with Crippen LogP contribution in [0.5, 0.6) is 0 Å². The predicted octanol–water partition coefficient (Wildman–Crippen LogP) is 2.16. The third-order valence-corrected chi connectivity index (χ3v) is 2.37. The standard InChI is InChI=1S/C12H19N3/c1-4-10-6-5-7-14-11(10)8-15-12(13)9(2)3/h5-7,9H,4,8H2,1-3H3,(H2,13,15). The van der Waals surface area contributed by atoms with Crippen molar-refractivity contribution in [2.24, 2.45) is 16.6 Å². The number of aliphatic imine (C=N–C) groups is 1. The van der Waals surface area contributed by atoms with Crippen LogP contribution in [0.4, 0.5) is 0 Å². The van der Waals surface area contributed by atoms with Crippen LogP contribution in [0.15, 0.2) is 23.3 Å². The van der Waals surface area contributed by atoms with E-state index in [2.05, 4.69) is 23.0 Å². The summed E-state index contributed by atoms with van der Waals surface area (Å²) in [6.07, 6.45) is 2.79. The number of nitrogens with zero attached hydrogens (tertiary/aromatic N) is 2. The van der Waals surface area contributed by atoms with Crippen LogP contribution in [0.25, 0.3) is 0 Å². The molecule has 0 radical (unpaired) electrons. The number of amidine groups is 1. The molecule has 2 N–H and O–H groups in total. The van der Waals surface area contributed by atoms with Crippen molar-refractivity contribution in [2.75, 3.05) is 0 Å². The molecule has 1 aromatic rings. The molecule has 0 aromatic carbocycles. The van der Waals surface area contributed by atoms with Crippen LogP contribution in [0, 0.1) is 5.92 Å². The number of pyridine rings is 1. The normalized spacial score (nSPS) is 12.1. The molecule has 82 valence electrons. The highest BCUT2D eigenvalue weighted by atomic mass is 14.9. The van der Waals surface area contributed by atoms with Gasteiger partial charge in [-0.15, -0.1) is 0 Å². The monoisotopic (exact) mass is 205 g/mol. The highest BCUT2D eigenvalue weighted by Gasteiger charge is 2.02. The molecule has 0 aliphatic carbocycles. The number of aryl methyl sites for hydroxylation is 1. The van der Waals surface area contributed by atoms with E-state index in [1.54, 1.807) is 6.20 Å². The maximum atomic E-state index is 5.78. The quantitative estimate of drug-likeness (QED) is 0.605. The van der Waals surface area contributed by atoms with Crippen LogP contribution in [0.2, 0.25) is 0 Å². The van der Waals surface area contributed by atoms with E-state index < -0.39 is 0 Å². The van der Waals surface area contributed by atoms with Crippen molar-refractivity contribution in [2.45, 2.75) is 33.7 Å². The molecule has 0 spiro atoms. The van der Waals surface area contributed by atoms with Gasteiger partial charge in [-0.25, -0.2) is 0 Å². The van der Waals surface area contributed by atoms with Gasteiger partial charge in [0.05, 0.1) is 18.1 Å². The van der Waals surface area contributed by atoms with E-state index in [0.717, 1.165) is 12.1 Å². The van der Waals surface area contributed by atoms with Crippen LogP contribution < -0.4 is 5.73 Å². The van der Waals surface area contributed by atoms with Crippen LogP contribution >= 0.6 is 0 Å². The molecule has 3 nitrogen and oxygen atoms in total. The molecule has 0 saturated heterocycles. The van der Waals surface area contributed by atoms with Crippen molar-refractivity contribution in [3.8, 4) is 0 Å². The molecule has 0 aliphatic rings. The van der Waals surface area contributed by atoms with E-state index in [4.69, 9.17) is 5.73 Å². The smallest absolute Gasteiger partial charge is 0.0967 e. The van der Waals surface area contributed by atoms with Crippen molar-refractivity contribution >= 4 is 5.84 Å². The summed E-state index contributed by atoms with van der Waals surface area (Å²) in [4.78, 5) is 8.65. The number of rotatable bonds is 4. The van der Waals surface area contributed by atoms with Gasteiger partial charge in [-0.05, 0) is 18.1 Å². The lowest BCUT2D eigenvalue weighted by atomic mass is 10.1. The minimum absolute atomic E-state index is 0.304. The van der Waals surface area contributed by atoms with Gasteiger partial charge in [0, 0.05) is 12.1 Å². The zero-order chi connectivity index (χ0) is 11.3. The van der Waals surface area contributed by atoms with Crippen molar-refractivity contribution in [3.05, 3.63) is 29.6 Å². The average Bonchev–Trinajstić information content (AvgIpc) is 2.26. The Morgan fingerprint density at radius 3 is 2.87 bits per heavy atom. The van der Waals surface area contributed by atoms with Crippen molar-refractivity contribution < 1.29 is 0 Å². The molecular formula is C12H19N3. The molecule has 15 heavy (non-hydrogen) atoms. The van der Waals surface area contributed by atoms with Crippen molar-refractivity contribution in [1.82, 2.24) is 4.98 Å². The van der Waals surface area contributed by atoms with E-state index >= 15 is 0 Å². The molecule has 0 amide bonds. The Bertz CT molecular complexity index is 342. The fourth-order valence-electron chi connectivity index (χ4n) is 1.28. The number of hydrogen-bond acceptors (Lipinski definition) is 2. The van der Waals surface area contributed by atoms with Gasteiger partial charge < -0.3 is 5.73 Å². The molecule has 0 aliphatic heterocycles. The van der Waals surface area contributed by atoms with E-state index in [-0.39, 0.29) is 0 Å². The second-order valence-corrected chi connectivity index (χ2v) is 3.86. The van der Waals surface area contributed by atoms with Gasteiger partial charge in [-0.1, -0.05) is 26.8 Å². The highest BCUT2D eigenvalue weighted by molar-refractivity contribution is 5.82. The fraction of sp³-hybridized carbons (Fsp3) is 0.500. The lowest BCUT2D eigenvalue weighted by molar-refractivity contribution is 0.844. The first-order valence-corrected chi connectivity index (χ1v) is 5.37. The largest absolute Gasteiger partial charge is 0.387 e. The third kappa shape index (κ3) is 3.35. The first kappa shape index (κ1) is 11.7. The van der Waals surface area contributed by atoms with Gasteiger partial charge in [0.25, 0.3) is 0 Å². The molecule has 0 unspecified atom stereocenters.